The van der Waals surface area contributed by atoms with Crippen LogP contribution in [-0.2, 0) is 0 Å². The van der Waals surface area contributed by atoms with Crippen molar-refractivity contribution in [3.05, 3.63) is 33.8 Å². The summed E-state index contributed by atoms with van der Waals surface area (Å²) >= 11 is 12.3. The van der Waals surface area contributed by atoms with Gasteiger partial charge < -0.3 is 5.32 Å². The van der Waals surface area contributed by atoms with Crippen LogP contribution in [0.3, 0.4) is 0 Å². The number of halogens is 2. The minimum Gasteiger partial charge on any atom is -0.313 e. The minimum absolute atomic E-state index is 0.283. The highest BCUT2D eigenvalue weighted by Gasteiger charge is 2.17. The maximum absolute atomic E-state index is 6.26. The maximum atomic E-state index is 6.26. The third kappa shape index (κ3) is 3.87. The highest BCUT2D eigenvalue weighted by Crippen LogP contribution is 2.33. The molecular formula is C14H21Cl2N. The Hall–Kier alpha value is -0.240. The summed E-state index contributed by atoms with van der Waals surface area (Å²) in [6.45, 7) is 4.47. The van der Waals surface area contributed by atoms with Crippen molar-refractivity contribution in [1.29, 1.82) is 0 Å². The fraction of sp³-hybridized carbons (Fsp3) is 0.571. The van der Waals surface area contributed by atoms with Crippen LogP contribution >= 0.6 is 23.2 Å². The SMILES string of the molecule is CCC(CC)CC(NC)c1cccc(Cl)c1Cl. The second kappa shape index (κ2) is 7.25. The van der Waals surface area contributed by atoms with Crippen LogP contribution in [0.2, 0.25) is 10.0 Å². The fourth-order valence-corrected chi connectivity index (χ4v) is 2.58. The molecule has 0 bridgehead atoms. The zero-order valence-electron chi connectivity index (χ0n) is 10.8. The van der Waals surface area contributed by atoms with Crippen LogP contribution in [0.1, 0.15) is 44.7 Å². The van der Waals surface area contributed by atoms with Crippen LogP contribution in [-0.4, -0.2) is 7.05 Å². The number of hydrogen-bond donors (Lipinski definition) is 1. The van der Waals surface area contributed by atoms with E-state index in [-0.39, 0.29) is 6.04 Å². The molecule has 0 aliphatic heterocycles. The molecule has 0 spiro atoms. The van der Waals surface area contributed by atoms with E-state index in [0.717, 1.165) is 17.9 Å². The normalized spacial score (nSPS) is 13.1. The number of hydrogen-bond acceptors (Lipinski definition) is 1. The van der Waals surface area contributed by atoms with Gasteiger partial charge in [0.15, 0.2) is 0 Å². The van der Waals surface area contributed by atoms with E-state index >= 15 is 0 Å². The van der Waals surface area contributed by atoms with Gasteiger partial charge in [0.1, 0.15) is 0 Å². The van der Waals surface area contributed by atoms with Crippen molar-refractivity contribution in [2.45, 2.75) is 39.2 Å². The predicted molar refractivity (Wildman–Crippen MR) is 77.0 cm³/mol. The number of rotatable bonds is 6. The summed E-state index contributed by atoms with van der Waals surface area (Å²) in [5, 5.41) is 4.66. The summed E-state index contributed by atoms with van der Waals surface area (Å²) in [5.41, 5.74) is 1.11. The van der Waals surface area contributed by atoms with Gasteiger partial charge in [0.05, 0.1) is 10.0 Å². The van der Waals surface area contributed by atoms with Crippen LogP contribution < -0.4 is 5.32 Å². The summed E-state index contributed by atoms with van der Waals surface area (Å²) in [7, 11) is 1.98. The van der Waals surface area contributed by atoms with E-state index in [1.165, 1.54) is 12.8 Å². The summed E-state index contributed by atoms with van der Waals surface area (Å²) < 4.78 is 0. The Balaban J connectivity index is 2.89. The van der Waals surface area contributed by atoms with Gasteiger partial charge in [-0.25, -0.2) is 0 Å². The summed E-state index contributed by atoms with van der Waals surface area (Å²) in [4.78, 5) is 0. The molecule has 96 valence electrons. The van der Waals surface area contributed by atoms with Crippen LogP contribution in [0.5, 0.6) is 0 Å². The van der Waals surface area contributed by atoms with Gasteiger partial charge in [0.2, 0.25) is 0 Å². The van der Waals surface area contributed by atoms with E-state index in [0.29, 0.717) is 10.0 Å². The average Bonchev–Trinajstić information content (AvgIpc) is 2.35. The molecule has 0 saturated carbocycles. The predicted octanol–water partition coefficient (Wildman–Crippen LogP) is 5.08. The van der Waals surface area contributed by atoms with Gasteiger partial charge in [-0.2, -0.15) is 0 Å². The second-order valence-corrected chi connectivity index (χ2v) is 5.19. The molecular weight excluding hydrogens is 253 g/mol. The van der Waals surface area contributed by atoms with Gasteiger partial charge in [-0.15, -0.1) is 0 Å². The van der Waals surface area contributed by atoms with Crippen molar-refractivity contribution in [2.75, 3.05) is 7.05 Å². The zero-order chi connectivity index (χ0) is 12.8. The Morgan fingerprint density at radius 2 is 1.82 bits per heavy atom. The van der Waals surface area contributed by atoms with Crippen molar-refractivity contribution < 1.29 is 0 Å². The van der Waals surface area contributed by atoms with Crippen LogP contribution in [0.4, 0.5) is 0 Å². The standard InChI is InChI=1S/C14H21Cl2N/c1-4-10(5-2)9-13(17-3)11-7-6-8-12(15)14(11)16/h6-8,10,13,17H,4-5,9H2,1-3H3. The first-order chi connectivity index (χ1) is 8.13. The molecule has 0 heterocycles. The van der Waals surface area contributed by atoms with E-state index < -0.39 is 0 Å². The van der Waals surface area contributed by atoms with Gasteiger partial charge in [-0.05, 0) is 31.0 Å². The van der Waals surface area contributed by atoms with E-state index in [9.17, 15) is 0 Å². The van der Waals surface area contributed by atoms with Gasteiger partial charge in [-0.3, -0.25) is 0 Å². The number of nitrogens with one attached hydrogen (secondary N) is 1. The lowest BCUT2D eigenvalue weighted by Crippen LogP contribution is -2.20. The molecule has 1 atom stereocenters. The molecule has 1 rings (SSSR count). The van der Waals surface area contributed by atoms with Gasteiger partial charge >= 0.3 is 0 Å². The van der Waals surface area contributed by atoms with E-state index in [4.69, 9.17) is 23.2 Å². The van der Waals surface area contributed by atoms with Crippen LogP contribution in [0, 0.1) is 5.92 Å². The van der Waals surface area contributed by atoms with E-state index in [1.807, 2.05) is 19.2 Å². The maximum Gasteiger partial charge on any atom is 0.0640 e. The molecule has 0 radical (unpaired) electrons. The zero-order valence-corrected chi connectivity index (χ0v) is 12.3. The molecule has 1 unspecified atom stereocenters. The van der Waals surface area contributed by atoms with Crippen molar-refractivity contribution in [3.63, 3.8) is 0 Å². The molecule has 1 aromatic carbocycles. The Morgan fingerprint density at radius 1 is 1.18 bits per heavy atom. The second-order valence-electron chi connectivity index (χ2n) is 4.40. The van der Waals surface area contributed by atoms with Gasteiger partial charge in [0.25, 0.3) is 0 Å². The molecule has 0 fully saturated rings. The van der Waals surface area contributed by atoms with Crippen LogP contribution in [0.25, 0.3) is 0 Å². The Kier molecular flexibility index (Phi) is 6.32. The first-order valence-electron chi connectivity index (χ1n) is 6.25. The fourth-order valence-electron chi connectivity index (χ4n) is 2.15. The first kappa shape index (κ1) is 14.8. The lowest BCUT2D eigenvalue weighted by Gasteiger charge is -2.23. The number of benzene rings is 1. The topological polar surface area (TPSA) is 12.0 Å². The summed E-state index contributed by atoms with van der Waals surface area (Å²) in [5.74, 6) is 0.725. The van der Waals surface area contributed by atoms with E-state index in [1.54, 1.807) is 0 Å². The molecule has 0 aliphatic rings. The highest BCUT2D eigenvalue weighted by molar-refractivity contribution is 6.42. The molecule has 0 aliphatic carbocycles. The Bertz CT molecular complexity index is 348. The van der Waals surface area contributed by atoms with Crippen molar-refractivity contribution in [2.24, 2.45) is 5.92 Å². The van der Waals surface area contributed by atoms with E-state index in [2.05, 4.69) is 25.2 Å². The van der Waals surface area contributed by atoms with Crippen molar-refractivity contribution in [1.82, 2.24) is 5.32 Å². The van der Waals surface area contributed by atoms with Gasteiger partial charge in [0, 0.05) is 6.04 Å². The summed E-state index contributed by atoms with van der Waals surface area (Å²) in [6, 6.07) is 6.13. The molecule has 0 amide bonds. The molecule has 1 N–H and O–H groups in total. The largest absolute Gasteiger partial charge is 0.313 e. The lowest BCUT2D eigenvalue weighted by molar-refractivity contribution is 0.385. The molecule has 1 nitrogen and oxygen atoms in total. The van der Waals surface area contributed by atoms with Crippen molar-refractivity contribution >= 4 is 23.2 Å². The van der Waals surface area contributed by atoms with Crippen molar-refractivity contribution in [3.8, 4) is 0 Å². The molecule has 1 aromatic rings. The Labute approximate surface area is 115 Å². The lowest BCUT2D eigenvalue weighted by atomic mass is 9.91. The highest BCUT2D eigenvalue weighted by atomic mass is 35.5. The third-order valence-electron chi connectivity index (χ3n) is 3.43. The summed E-state index contributed by atoms with van der Waals surface area (Å²) in [6.07, 6.45) is 3.50. The van der Waals surface area contributed by atoms with Crippen LogP contribution in [0.15, 0.2) is 18.2 Å². The quantitative estimate of drug-likeness (QED) is 0.762. The molecule has 0 aromatic heterocycles. The molecule has 0 saturated heterocycles. The third-order valence-corrected chi connectivity index (χ3v) is 4.26. The monoisotopic (exact) mass is 273 g/mol. The molecule has 17 heavy (non-hydrogen) atoms. The first-order valence-corrected chi connectivity index (χ1v) is 7.00. The average molecular weight is 274 g/mol. The van der Waals surface area contributed by atoms with Gasteiger partial charge in [-0.1, -0.05) is 62.0 Å². The minimum atomic E-state index is 0.283. The smallest absolute Gasteiger partial charge is 0.0640 e. The molecule has 3 heteroatoms. The Morgan fingerprint density at radius 3 is 2.35 bits per heavy atom.